The second-order valence-electron chi connectivity index (χ2n) is 9.55. The largest absolute Gasteiger partial charge is 0.434 e. The number of hydrogen-bond donors (Lipinski definition) is 2. The summed E-state index contributed by atoms with van der Waals surface area (Å²) in [6, 6.07) is 8.06. The Morgan fingerprint density at radius 3 is 2.49 bits per heavy atom. The zero-order valence-electron chi connectivity index (χ0n) is 20.3. The molecule has 202 valence electrons. The first kappa shape index (κ1) is 26.2. The van der Waals surface area contributed by atoms with E-state index in [0.717, 1.165) is 17.8 Å². The Hall–Kier alpha value is -4.42. The van der Waals surface area contributed by atoms with Gasteiger partial charge in [-0.05, 0) is 43.2 Å². The molecule has 2 aromatic carbocycles. The van der Waals surface area contributed by atoms with Gasteiger partial charge in [-0.3, -0.25) is 9.78 Å². The highest BCUT2D eigenvalue weighted by Gasteiger charge is 2.42. The molecule has 0 bridgehead atoms. The van der Waals surface area contributed by atoms with Gasteiger partial charge in [-0.15, -0.1) is 0 Å². The molecule has 0 spiro atoms. The number of hydrogen-bond acceptors (Lipinski definition) is 5. The molecule has 0 radical (unpaired) electrons. The number of rotatable bonds is 5. The summed E-state index contributed by atoms with van der Waals surface area (Å²) < 4.78 is 83.0. The lowest BCUT2D eigenvalue weighted by Crippen LogP contribution is -2.23. The van der Waals surface area contributed by atoms with E-state index in [0.29, 0.717) is 51.8 Å². The molecule has 2 N–H and O–H groups in total. The SMILES string of the molecule is CC(C)(C=O)c1cc(-n2ncc(C(=O)Nc3ccnc(C(F)(F)F)c3)c2C(F)(F)F)c2cccc3c2c1NC3. The monoisotopic (exact) mass is 547 g/mol. The summed E-state index contributed by atoms with van der Waals surface area (Å²) >= 11 is 0. The number of halogens is 6. The molecule has 1 amide bonds. The van der Waals surface area contributed by atoms with Crippen LogP contribution in [0.4, 0.5) is 37.7 Å². The average Bonchev–Trinajstić information content (AvgIpc) is 3.50. The zero-order valence-corrected chi connectivity index (χ0v) is 20.3. The van der Waals surface area contributed by atoms with Gasteiger partial charge in [-0.1, -0.05) is 18.2 Å². The molecule has 0 fully saturated rings. The van der Waals surface area contributed by atoms with Gasteiger partial charge in [0.25, 0.3) is 5.91 Å². The summed E-state index contributed by atoms with van der Waals surface area (Å²) in [5.41, 5.74) is -3.26. The van der Waals surface area contributed by atoms with Crippen LogP contribution in [0.1, 0.15) is 46.7 Å². The van der Waals surface area contributed by atoms with E-state index in [4.69, 9.17) is 0 Å². The average molecular weight is 547 g/mol. The molecular formula is C26H19F6N5O2. The fourth-order valence-electron chi connectivity index (χ4n) is 4.62. The number of nitrogens with zero attached hydrogens (tertiary/aromatic N) is 3. The van der Waals surface area contributed by atoms with E-state index in [1.54, 1.807) is 26.0 Å². The molecule has 0 saturated heterocycles. The van der Waals surface area contributed by atoms with Gasteiger partial charge in [0.05, 0.1) is 17.4 Å². The van der Waals surface area contributed by atoms with Crippen LogP contribution in [-0.2, 0) is 29.1 Å². The number of alkyl halides is 6. The molecule has 5 rings (SSSR count). The van der Waals surface area contributed by atoms with Crippen molar-refractivity contribution >= 4 is 34.3 Å². The predicted octanol–water partition coefficient (Wildman–Crippen LogP) is 6.11. The number of aromatic nitrogens is 3. The Labute approximate surface area is 216 Å². The fraction of sp³-hybridized carbons (Fsp3) is 0.231. The maximum atomic E-state index is 14.5. The summed E-state index contributed by atoms with van der Waals surface area (Å²) in [6.45, 7) is 3.66. The van der Waals surface area contributed by atoms with Gasteiger partial charge in [0, 0.05) is 40.3 Å². The van der Waals surface area contributed by atoms with Crippen molar-refractivity contribution < 1.29 is 35.9 Å². The minimum absolute atomic E-state index is 0.0149. The number of nitrogens with one attached hydrogen (secondary N) is 2. The summed E-state index contributed by atoms with van der Waals surface area (Å²) in [6.07, 6.45) is -7.73. The fourth-order valence-corrected chi connectivity index (χ4v) is 4.62. The third-order valence-corrected chi connectivity index (χ3v) is 6.49. The van der Waals surface area contributed by atoms with Crippen molar-refractivity contribution in [1.29, 1.82) is 0 Å². The normalized spacial score (nSPS) is 13.4. The van der Waals surface area contributed by atoms with Crippen LogP contribution >= 0.6 is 0 Å². The Morgan fingerprint density at radius 1 is 1.08 bits per heavy atom. The summed E-state index contributed by atoms with van der Waals surface area (Å²) in [5, 5.41) is 10.2. The molecule has 39 heavy (non-hydrogen) atoms. The second kappa shape index (κ2) is 8.82. The quantitative estimate of drug-likeness (QED) is 0.233. The van der Waals surface area contributed by atoms with E-state index in [2.05, 4.69) is 20.7 Å². The molecule has 13 heteroatoms. The molecule has 3 heterocycles. The highest BCUT2D eigenvalue weighted by Crippen LogP contribution is 2.44. The molecule has 0 saturated carbocycles. The lowest BCUT2D eigenvalue weighted by molar-refractivity contribution is -0.143. The molecule has 0 aliphatic carbocycles. The topological polar surface area (TPSA) is 88.9 Å². The standard InChI is InChI=1S/C26H19F6N5O2/c1-24(2,12-38)17-9-18(15-5-3-4-13-10-34-21(17)20(13)15)37-22(26(30,31)32)16(11-35-37)23(39)36-14-6-7-33-19(8-14)25(27,28)29/h3-9,11-12,34H,10H2,1-2H3,(H,33,36,39). The molecule has 4 aromatic rings. The van der Waals surface area contributed by atoms with Crippen molar-refractivity contribution in [3.8, 4) is 5.69 Å². The van der Waals surface area contributed by atoms with Gasteiger partial charge >= 0.3 is 12.4 Å². The first-order chi connectivity index (χ1) is 18.2. The zero-order chi connectivity index (χ0) is 28.3. The number of aldehydes is 1. The number of carbonyl (C=O) groups is 2. The van der Waals surface area contributed by atoms with Crippen molar-refractivity contribution in [1.82, 2.24) is 14.8 Å². The molecule has 1 aliphatic heterocycles. The van der Waals surface area contributed by atoms with Gasteiger partial charge < -0.3 is 15.4 Å². The Kier molecular flexibility index (Phi) is 5.92. The first-order valence-electron chi connectivity index (χ1n) is 11.5. The van der Waals surface area contributed by atoms with Crippen LogP contribution in [0.2, 0.25) is 0 Å². The summed E-state index contributed by atoms with van der Waals surface area (Å²) in [5.74, 6) is -1.31. The van der Waals surface area contributed by atoms with Crippen LogP contribution in [0.15, 0.2) is 48.8 Å². The van der Waals surface area contributed by atoms with E-state index in [1.807, 2.05) is 6.07 Å². The molecule has 1 aliphatic rings. The van der Waals surface area contributed by atoms with Crippen molar-refractivity contribution in [2.75, 3.05) is 10.6 Å². The molecular weight excluding hydrogens is 528 g/mol. The van der Waals surface area contributed by atoms with Gasteiger partial charge in [0.15, 0.2) is 5.69 Å². The van der Waals surface area contributed by atoms with E-state index in [-0.39, 0.29) is 5.69 Å². The van der Waals surface area contributed by atoms with Crippen LogP contribution in [0.5, 0.6) is 0 Å². The summed E-state index contributed by atoms with van der Waals surface area (Å²) in [7, 11) is 0. The van der Waals surface area contributed by atoms with Crippen molar-refractivity contribution in [2.24, 2.45) is 0 Å². The number of amides is 1. The third kappa shape index (κ3) is 4.47. The van der Waals surface area contributed by atoms with E-state index in [1.165, 1.54) is 6.07 Å². The van der Waals surface area contributed by atoms with Crippen LogP contribution in [0, 0.1) is 0 Å². The van der Waals surface area contributed by atoms with Crippen LogP contribution < -0.4 is 10.6 Å². The molecule has 0 unspecified atom stereocenters. The number of anilines is 2. The Balaban J connectivity index is 1.68. The second-order valence-corrected chi connectivity index (χ2v) is 9.55. The van der Waals surface area contributed by atoms with E-state index < -0.39 is 46.3 Å². The Morgan fingerprint density at radius 2 is 1.82 bits per heavy atom. The van der Waals surface area contributed by atoms with Crippen molar-refractivity contribution in [3.63, 3.8) is 0 Å². The van der Waals surface area contributed by atoms with Gasteiger partial charge in [0.1, 0.15) is 12.0 Å². The van der Waals surface area contributed by atoms with E-state index in [9.17, 15) is 35.9 Å². The maximum absolute atomic E-state index is 14.5. The number of benzene rings is 2. The van der Waals surface area contributed by atoms with Gasteiger partial charge in [-0.2, -0.15) is 31.4 Å². The number of carbonyl (C=O) groups excluding carboxylic acids is 2. The lowest BCUT2D eigenvalue weighted by Gasteiger charge is -2.24. The van der Waals surface area contributed by atoms with Gasteiger partial charge in [0.2, 0.25) is 0 Å². The highest BCUT2D eigenvalue weighted by atomic mass is 19.4. The number of pyridine rings is 1. The van der Waals surface area contributed by atoms with Crippen LogP contribution in [0.25, 0.3) is 16.5 Å². The lowest BCUT2D eigenvalue weighted by atomic mass is 9.83. The highest BCUT2D eigenvalue weighted by molar-refractivity contribution is 6.07. The minimum atomic E-state index is -5.08. The first-order valence-corrected chi connectivity index (χ1v) is 11.5. The van der Waals surface area contributed by atoms with E-state index >= 15 is 0 Å². The Bertz CT molecular complexity index is 1640. The minimum Gasteiger partial charge on any atom is -0.380 e. The van der Waals surface area contributed by atoms with Gasteiger partial charge in [-0.25, -0.2) is 4.68 Å². The third-order valence-electron chi connectivity index (χ3n) is 6.49. The molecule has 0 atom stereocenters. The van der Waals surface area contributed by atoms with Crippen LogP contribution in [0.3, 0.4) is 0 Å². The smallest absolute Gasteiger partial charge is 0.380 e. The predicted molar refractivity (Wildman–Crippen MR) is 130 cm³/mol. The maximum Gasteiger partial charge on any atom is 0.434 e. The molecule has 7 nitrogen and oxygen atoms in total. The van der Waals surface area contributed by atoms with Crippen molar-refractivity contribution in [3.05, 3.63) is 76.9 Å². The summed E-state index contributed by atoms with van der Waals surface area (Å²) in [4.78, 5) is 28.0. The van der Waals surface area contributed by atoms with Crippen molar-refractivity contribution in [2.45, 2.75) is 38.2 Å². The molecule has 2 aromatic heterocycles. The van der Waals surface area contributed by atoms with Crippen LogP contribution in [-0.4, -0.2) is 27.0 Å².